The Balaban J connectivity index is 1.96. The highest BCUT2D eigenvalue weighted by atomic mass is 35.5. The Kier molecular flexibility index (Phi) is 5.38. The van der Waals surface area contributed by atoms with Gasteiger partial charge < -0.3 is 9.84 Å². The van der Waals surface area contributed by atoms with Crippen LogP contribution < -0.4 is 0 Å². The molecule has 1 aliphatic heterocycles. The molecular formula is C15H21ClFNO2. The normalized spacial score (nSPS) is 22.2. The molecule has 0 saturated carbocycles. The summed E-state index contributed by atoms with van der Waals surface area (Å²) in [5, 5.41) is 10.4. The van der Waals surface area contributed by atoms with Gasteiger partial charge in [0.15, 0.2) is 0 Å². The summed E-state index contributed by atoms with van der Waals surface area (Å²) in [6.45, 7) is 6.47. The Bertz CT molecular complexity index is 455. The summed E-state index contributed by atoms with van der Waals surface area (Å²) in [7, 11) is 0. The van der Waals surface area contributed by atoms with Crippen LogP contribution in [0.1, 0.15) is 19.4 Å². The number of hydrogen-bond acceptors (Lipinski definition) is 3. The van der Waals surface area contributed by atoms with Gasteiger partial charge in [-0.05, 0) is 31.5 Å². The molecule has 0 bridgehead atoms. The molecule has 1 heterocycles. The maximum atomic E-state index is 13.4. The van der Waals surface area contributed by atoms with E-state index in [0.717, 1.165) is 12.1 Å². The van der Waals surface area contributed by atoms with Crippen LogP contribution in [0.15, 0.2) is 18.2 Å². The van der Waals surface area contributed by atoms with Crippen LogP contribution >= 0.6 is 11.6 Å². The molecule has 20 heavy (non-hydrogen) atoms. The lowest BCUT2D eigenvalue weighted by atomic mass is 10.0. The van der Waals surface area contributed by atoms with Gasteiger partial charge in [-0.1, -0.05) is 17.7 Å². The number of rotatable bonds is 4. The molecule has 0 aromatic heterocycles. The smallest absolute Gasteiger partial charge is 0.142 e. The van der Waals surface area contributed by atoms with Gasteiger partial charge in [-0.25, -0.2) is 4.39 Å². The zero-order chi connectivity index (χ0) is 14.7. The van der Waals surface area contributed by atoms with Crippen LogP contribution in [-0.4, -0.2) is 48.0 Å². The van der Waals surface area contributed by atoms with Gasteiger partial charge in [-0.2, -0.15) is 0 Å². The second-order valence-corrected chi connectivity index (χ2v) is 5.93. The lowest BCUT2D eigenvalue weighted by Gasteiger charge is -2.37. The van der Waals surface area contributed by atoms with Gasteiger partial charge in [0, 0.05) is 25.6 Å². The average Bonchev–Trinajstić information content (AvgIpc) is 2.43. The molecule has 1 saturated heterocycles. The number of nitrogens with zero attached hydrogens (tertiary/aromatic N) is 1. The maximum absolute atomic E-state index is 13.4. The molecule has 2 unspecified atom stereocenters. The highest BCUT2D eigenvalue weighted by molar-refractivity contribution is 6.30. The van der Waals surface area contributed by atoms with Crippen molar-refractivity contribution < 1.29 is 14.2 Å². The van der Waals surface area contributed by atoms with Crippen LogP contribution in [0.3, 0.4) is 0 Å². The van der Waals surface area contributed by atoms with Crippen molar-refractivity contribution in [3.05, 3.63) is 34.6 Å². The Morgan fingerprint density at radius 2 is 2.25 bits per heavy atom. The van der Waals surface area contributed by atoms with Gasteiger partial charge in [0.2, 0.25) is 0 Å². The summed E-state index contributed by atoms with van der Waals surface area (Å²) in [5.41, 5.74) is 0.727. The first-order valence-corrected chi connectivity index (χ1v) is 7.33. The summed E-state index contributed by atoms with van der Waals surface area (Å²) in [4.78, 5) is 2.28. The van der Waals surface area contributed by atoms with Gasteiger partial charge in [0.25, 0.3) is 0 Å². The third-order valence-electron chi connectivity index (χ3n) is 3.71. The zero-order valence-electron chi connectivity index (χ0n) is 11.9. The van der Waals surface area contributed by atoms with Gasteiger partial charge in [0.05, 0.1) is 23.8 Å². The first-order valence-electron chi connectivity index (χ1n) is 6.95. The minimum absolute atomic E-state index is 0.100. The topological polar surface area (TPSA) is 32.7 Å². The van der Waals surface area contributed by atoms with E-state index in [1.807, 2.05) is 0 Å². The second-order valence-electron chi connectivity index (χ2n) is 5.52. The first-order chi connectivity index (χ1) is 9.47. The third kappa shape index (κ3) is 3.92. The second kappa shape index (κ2) is 6.85. The molecule has 1 aromatic carbocycles. The molecule has 0 aliphatic carbocycles. The molecule has 0 amide bonds. The fourth-order valence-electron chi connectivity index (χ4n) is 2.44. The molecule has 0 spiro atoms. The SMILES string of the molecule is CC(C)N1CCOC(C(O)Cc2ccc(Cl)c(F)c2)C1. The number of aliphatic hydroxyl groups excluding tert-OH is 1. The summed E-state index contributed by atoms with van der Waals surface area (Å²) in [6.07, 6.45) is -0.507. The molecule has 0 radical (unpaired) electrons. The van der Waals surface area contributed by atoms with Crippen molar-refractivity contribution >= 4 is 11.6 Å². The molecular weight excluding hydrogens is 281 g/mol. The highest BCUT2D eigenvalue weighted by Crippen LogP contribution is 2.19. The predicted molar refractivity (Wildman–Crippen MR) is 77.6 cm³/mol. The van der Waals surface area contributed by atoms with E-state index in [9.17, 15) is 9.50 Å². The molecule has 112 valence electrons. The van der Waals surface area contributed by atoms with Gasteiger partial charge in [0.1, 0.15) is 5.82 Å². The number of hydrogen-bond donors (Lipinski definition) is 1. The van der Waals surface area contributed by atoms with Crippen molar-refractivity contribution in [2.45, 2.75) is 38.5 Å². The average molecular weight is 302 g/mol. The summed E-state index contributed by atoms with van der Waals surface area (Å²) in [6, 6.07) is 5.05. The van der Waals surface area contributed by atoms with E-state index in [2.05, 4.69) is 18.7 Å². The van der Waals surface area contributed by atoms with Crippen molar-refractivity contribution in [2.24, 2.45) is 0 Å². The molecule has 2 atom stereocenters. The van der Waals surface area contributed by atoms with Gasteiger partial charge in [-0.15, -0.1) is 0 Å². The lowest BCUT2D eigenvalue weighted by Crippen LogP contribution is -2.50. The fraction of sp³-hybridized carbons (Fsp3) is 0.600. The van der Waals surface area contributed by atoms with Gasteiger partial charge in [-0.3, -0.25) is 4.90 Å². The van der Waals surface area contributed by atoms with E-state index >= 15 is 0 Å². The minimum atomic E-state index is -0.642. The van der Waals surface area contributed by atoms with Crippen LogP contribution in [0.2, 0.25) is 5.02 Å². The van der Waals surface area contributed by atoms with Crippen LogP contribution in [0.25, 0.3) is 0 Å². The standard InChI is InChI=1S/C15H21ClFNO2/c1-10(2)18-5-6-20-15(9-18)14(19)8-11-3-4-12(16)13(17)7-11/h3-4,7,10,14-15,19H,5-6,8-9H2,1-2H3. The van der Waals surface area contributed by atoms with E-state index in [-0.39, 0.29) is 11.1 Å². The number of aliphatic hydroxyl groups is 1. The number of halogens is 2. The largest absolute Gasteiger partial charge is 0.390 e. The Hall–Kier alpha value is -0.680. The quantitative estimate of drug-likeness (QED) is 0.927. The molecule has 1 aromatic rings. The molecule has 1 aliphatic rings. The van der Waals surface area contributed by atoms with Crippen LogP contribution in [0.4, 0.5) is 4.39 Å². The first kappa shape index (κ1) is 15.7. The predicted octanol–water partition coefficient (Wildman–Crippen LogP) is 2.49. The summed E-state index contributed by atoms with van der Waals surface area (Å²) < 4.78 is 19.0. The summed E-state index contributed by atoms with van der Waals surface area (Å²) in [5.74, 6) is -0.454. The molecule has 1 fully saturated rings. The van der Waals surface area contributed by atoms with Gasteiger partial charge >= 0.3 is 0 Å². The highest BCUT2D eigenvalue weighted by Gasteiger charge is 2.28. The lowest BCUT2D eigenvalue weighted by molar-refractivity contribution is -0.0940. The summed E-state index contributed by atoms with van der Waals surface area (Å²) >= 11 is 5.65. The molecule has 5 heteroatoms. The van der Waals surface area contributed by atoms with E-state index in [1.54, 1.807) is 6.07 Å². The van der Waals surface area contributed by atoms with Crippen molar-refractivity contribution in [1.82, 2.24) is 4.90 Å². The Morgan fingerprint density at radius 3 is 2.90 bits per heavy atom. The van der Waals surface area contributed by atoms with Crippen LogP contribution in [-0.2, 0) is 11.2 Å². The van der Waals surface area contributed by atoms with Crippen molar-refractivity contribution in [3.63, 3.8) is 0 Å². The van der Waals surface area contributed by atoms with Crippen LogP contribution in [0.5, 0.6) is 0 Å². The van der Waals surface area contributed by atoms with Crippen molar-refractivity contribution in [3.8, 4) is 0 Å². The van der Waals surface area contributed by atoms with E-state index in [1.165, 1.54) is 12.1 Å². The monoisotopic (exact) mass is 301 g/mol. The molecule has 2 rings (SSSR count). The minimum Gasteiger partial charge on any atom is -0.390 e. The molecule has 3 nitrogen and oxygen atoms in total. The number of benzene rings is 1. The van der Waals surface area contributed by atoms with Crippen molar-refractivity contribution in [1.29, 1.82) is 0 Å². The maximum Gasteiger partial charge on any atom is 0.142 e. The third-order valence-corrected chi connectivity index (χ3v) is 4.02. The van der Waals surface area contributed by atoms with E-state index in [4.69, 9.17) is 16.3 Å². The Labute approximate surface area is 124 Å². The molecule has 1 N–H and O–H groups in total. The van der Waals surface area contributed by atoms with E-state index < -0.39 is 11.9 Å². The number of morpholine rings is 1. The van der Waals surface area contributed by atoms with Crippen LogP contribution in [0, 0.1) is 5.82 Å². The zero-order valence-corrected chi connectivity index (χ0v) is 12.6. The Morgan fingerprint density at radius 1 is 1.50 bits per heavy atom. The number of ether oxygens (including phenoxy) is 1. The van der Waals surface area contributed by atoms with Crippen molar-refractivity contribution in [2.75, 3.05) is 19.7 Å². The van der Waals surface area contributed by atoms with E-state index in [0.29, 0.717) is 25.6 Å². The fourth-order valence-corrected chi connectivity index (χ4v) is 2.56.